The van der Waals surface area contributed by atoms with E-state index in [2.05, 4.69) is 277 Å². The maximum atomic E-state index is 2.52. The van der Waals surface area contributed by atoms with Crippen LogP contribution >= 0.6 is 11.3 Å². The van der Waals surface area contributed by atoms with Crippen LogP contribution in [0.5, 0.6) is 0 Å². The number of fused-ring (bicyclic) bond motifs is 14. The summed E-state index contributed by atoms with van der Waals surface area (Å²) < 4.78 is 2.66. The van der Waals surface area contributed by atoms with E-state index in [1.54, 1.807) is 0 Å². The molecule has 2 nitrogen and oxygen atoms in total. The molecule has 1 aromatic heterocycles. The molecule has 1 heterocycles. The molecule has 0 N–H and O–H groups in total. The molecule has 0 atom stereocenters. The molecule has 0 saturated carbocycles. The van der Waals surface area contributed by atoms with Gasteiger partial charge in [0.2, 0.25) is 0 Å². The Balaban J connectivity index is 1.07. The van der Waals surface area contributed by atoms with Crippen molar-refractivity contribution in [3.63, 3.8) is 0 Å². The molecule has 0 bridgehead atoms. The number of rotatable bonds is 8. The lowest BCUT2D eigenvalue weighted by Gasteiger charge is -2.34. The van der Waals surface area contributed by atoms with Gasteiger partial charge in [0, 0.05) is 59.6 Å². The van der Waals surface area contributed by atoms with Crippen LogP contribution in [-0.2, 0) is 5.41 Å². The molecule has 2 aliphatic carbocycles. The van der Waals surface area contributed by atoms with Gasteiger partial charge in [-0.2, -0.15) is 0 Å². The molecule has 12 aromatic rings. The topological polar surface area (TPSA) is 6.48 Å². The van der Waals surface area contributed by atoms with Gasteiger partial charge in [-0.05, 0) is 117 Å². The fourth-order valence-corrected chi connectivity index (χ4v) is 13.0. The highest BCUT2D eigenvalue weighted by atomic mass is 32.1. The van der Waals surface area contributed by atoms with Gasteiger partial charge in [-0.25, -0.2) is 0 Å². The second kappa shape index (κ2) is 16.2. The summed E-state index contributed by atoms with van der Waals surface area (Å²) in [4.78, 5) is 4.92. The molecule has 0 saturated heterocycles. The summed E-state index contributed by atoms with van der Waals surface area (Å²) in [6.07, 6.45) is 0. The maximum absolute atomic E-state index is 2.52. The monoisotopic (exact) mass is 908 g/mol. The van der Waals surface area contributed by atoms with Crippen LogP contribution < -0.4 is 9.80 Å². The molecule has 0 amide bonds. The molecule has 0 radical (unpaired) electrons. The Labute approximate surface area is 412 Å². The van der Waals surface area contributed by atoms with Gasteiger partial charge < -0.3 is 9.80 Å². The van der Waals surface area contributed by atoms with E-state index >= 15 is 0 Å². The van der Waals surface area contributed by atoms with Crippen molar-refractivity contribution in [1.82, 2.24) is 0 Å². The number of nitrogens with zero attached hydrogens (tertiary/aromatic N) is 2. The number of thiophene rings is 1. The first kappa shape index (κ1) is 40.3. The summed E-state index contributed by atoms with van der Waals surface area (Å²) in [6.45, 7) is 0. The van der Waals surface area contributed by atoms with Crippen molar-refractivity contribution in [3.05, 3.63) is 289 Å². The number of benzene rings is 11. The van der Waals surface area contributed by atoms with Gasteiger partial charge in [0.15, 0.2) is 0 Å². The van der Waals surface area contributed by atoms with Crippen LogP contribution in [0, 0.1) is 0 Å². The Morgan fingerprint density at radius 1 is 0.286 bits per heavy atom. The largest absolute Gasteiger partial charge is 0.310 e. The highest BCUT2D eigenvalue weighted by Gasteiger charge is 2.53. The van der Waals surface area contributed by atoms with Gasteiger partial charge in [0.05, 0.1) is 16.8 Å². The summed E-state index contributed by atoms with van der Waals surface area (Å²) in [7, 11) is 0. The van der Waals surface area contributed by atoms with Crippen LogP contribution in [-0.4, -0.2) is 0 Å². The summed E-state index contributed by atoms with van der Waals surface area (Å²) in [5.41, 5.74) is 21.1. The first-order valence-corrected chi connectivity index (χ1v) is 24.9. The van der Waals surface area contributed by atoms with Gasteiger partial charge in [0.25, 0.3) is 0 Å². The first-order chi connectivity index (χ1) is 34.8. The number of hydrogen-bond acceptors (Lipinski definition) is 3. The number of para-hydroxylation sites is 4. The van der Waals surface area contributed by atoms with E-state index in [4.69, 9.17) is 0 Å². The molecule has 328 valence electrons. The zero-order chi connectivity index (χ0) is 46.2. The smallest absolute Gasteiger partial charge is 0.0727 e. The van der Waals surface area contributed by atoms with Crippen LogP contribution in [0.1, 0.15) is 22.3 Å². The molecule has 3 heteroatoms. The second-order valence-corrected chi connectivity index (χ2v) is 19.4. The SMILES string of the molecule is c1ccc(-c2ccccc2N(c2ccccc2)c2ccc3c(c2)C2(c4cc(N(c5ccccc5)c5ccccc5-c5ccccc5)ccc4-3)c3ccccc3-c3c2ccc2c3sc3ccccc32)cc1. The van der Waals surface area contributed by atoms with Crippen molar-refractivity contribution in [2.75, 3.05) is 9.80 Å². The lowest BCUT2D eigenvalue weighted by Crippen LogP contribution is -2.26. The van der Waals surface area contributed by atoms with E-state index in [-0.39, 0.29) is 0 Å². The van der Waals surface area contributed by atoms with Crippen LogP contribution in [0.15, 0.2) is 267 Å². The summed E-state index contributed by atoms with van der Waals surface area (Å²) >= 11 is 1.92. The molecule has 0 aliphatic heterocycles. The van der Waals surface area contributed by atoms with Crippen molar-refractivity contribution < 1.29 is 0 Å². The Hall–Kier alpha value is -8.76. The van der Waals surface area contributed by atoms with Gasteiger partial charge in [-0.3, -0.25) is 0 Å². The Morgan fingerprint density at radius 2 is 0.743 bits per heavy atom. The summed E-state index contributed by atoms with van der Waals surface area (Å²) in [5.74, 6) is 0. The van der Waals surface area contributed by atoms with E-state index in [1.165, 1.54) is 86.9 Å². The molecule has 1 spiro atoms. The normalized spacial score (nSPS) is 12.7. The zero-order valence-electron chi connectivity index (χ0n) is 38.2. The first-order valence-electron chi connectivity index (χ1n) is 24.1. The minimum atomic E-state index is -0.643. The molecular weight excluding hydrogens is 865 g/mol. The molecule has 2 aliphatic rings. The number of hydrogen-bond donors (Lipinski definition) is 0. The molecule has 11 aromatic carbocycles. The van der Waals surface area contributed by atoms with Crippen molar-refractivity contribution in [3.8, 4) is 44.5 Å². The van der Waals surface area contributed by atoms with Crippen LogP contribution in [0.4, 0.5) is 34.1 Å². The average molecular weight is 909 g/mol. The predicted octanol–water partition coefficient (Wildman–Crippen LogP) is 18.7. The fraction of sp³-hybridized carbons (Fsp3) is 0.0149. The van der Waals surface area contributed by atoms with Crippen molar-refractivity contribution >= 4 is 65.6 Å². The zero-order valence-corrected chi connectivity index (χ0v) is 39.0. The van der Waals surface area contributed by atoms with Gasteiger partial charge in [0.1, 0.15) is 0 Å². The van der Waals surface area contributed by atoms with Gasteiger partial charge in [-0.15, -0.1) is 11.3 Å². The van der Waals surface area contributed by atoms with Crippen molar-refractivity contribution in [2.24, 2.45) is 0 Å². The standard InChI is InChI=1S/C67H44N2S/c1-5-21-45(22-6-1)51-29-14-18-34-62(51)68(47-25-9-3-10-26-47)49-37-39-53-54-40-38-50(69(48-27-11-4-12-28-48)63-35-19-15-30-52(63)46-23-7-2-8-24-46)44-61(54)67(60(53)43-49)58-33-17-13-32-57(58)65-59(67)42-41-56-55-31-16-20-36-64(55)70-66(56)65/h1-44H. The van der Waals surface area contributed by atoms with E-state index in [0.29, 0.717) is 0 Å². The van der Waals surface area contributed by atoms with Crippen LogP contribution in [0.2, 0.25) is 0 Å². The average Bonchev–Trinajstić information content (AvgIpc) is 4.07. The lowest BCUT2D eigenvalue weighted by molar-refractivity contribution is 0.794. The van der Waals surface area contributed by atoms with E-state index in [9.17, 15) is 0 Å². The second-order valence-electron chi connectivity index (χ2n) is 18.3. The molecule has 70 heavy (non-hydrogen) atoms. The van der Waals surface area contributed by atoms with E-state index in [0.717, 1.165) is 34.1 Å². The van der Waals surface area contributed by atoms with Crippen LogP contribution in [0.3, 0.4) is 0 Å². The quantitative estimate of drug-likeness (QED) is 0.150. The lowest BCUT2D eigenvalue weighted by atomic mass is 9.70. The minimum absolute atomic E-state index is 0.643. The summed E-state index contributed by atoms with van der Waals surface area (Å²) in [5, 5.41) is 2.62. The van der Waals surface area contributed by atoms with Gasteiger partial charge >= 0.3 is 0 Å². The van der Waals surface area contributed by atoms with E-state index in [1.807, 2.05) is 11.3 Å². The molecular formula is C67H44N2S. The van der Waals surface area contributed by atoms with Crippen LogP contribution in [0.25, 0.3) is 64.7 Å². The Morgan fingerprint density at radius 3 is 1.30 bits per heavy atom. The highest BCUT2D eigenvalue weighted by molar-refractivity contribution is 7.26. The van der Waals surface area contributed by atoms with E-state index < -0.39 is 5.41 Å². The molecule has 0 unspecified atom stereocenters. The number of anilines is 6. The van der Waals surface area contributed by atoms with Crippen molar-refractivity contribution in [2.45, 2.75) is 5.41 Å². The minimum Gasteiger partial charge on any atom is -0.310 e. The predicted molar refractivity (Wildman–Crippen MR) is 296 cm³/mol. The third kappa shape index (κ3) is 6.05. The highest BCUT2D eigenvalue weighted by Crippen LogP contribution is 2.66. The molecule has 14 rings (SSSR count). The summed E-state index contributed by atoms with van der Waals surface area (Å²) in [6, 6.07) is 98.5. The molecule has 0 fully saturated rings. The van der Waals surface area contributed by atoms with Gasteiger partial charge in [-0.1, -0.05) is 200 Å². The third-order valence-electron chi connectivity index (χ3n) is 14.7. The fourth-order valence-electron chi connectivity index (χ4n) is 11.8. The Bertz CT molecular complexity index is 3780. The maximum Gasteiger partial charge on any atom is 0.0727 e. The Kier molecular flexibility index (Phi) is 9.33. The van der Waals surface area contributed by atoms with Crippen molar-refractivity contribution in [1.29, 1.82) is 0 Å². The third-order valence-corrected chi connectivity index (χ3v) is 15.9.